The highest BCUT2D eigenvalue weighted by Gasteiger charge is 2.36. The molecule has 9 heteroatoms. The van der Waals surface area contributed by atoms with Crippen molar-refractivity contribution in [2.75, 3.05) is 0 Å². The first kappa shape index (κ1) is 23.4. The van der Waals surface area contributed by atoms with Crippen molar-refractivity contribution in [3.05, 3.63) is 5.89 Å². The molecule has 1 aromatic rings. The van der Waals surface area contributed by atoms with Crippen molar-refractivity contribution in [3.63, 3.8) is 0 Å². The number of hydrogen-bond donors (Lipinski definition) is 1. The number of carbonyl (C=O) groups is 3. The van der Waals surface area contributed by atoms with E-state index in [1.54, 1.807) is 4.90 Å². The van der Waals surface area contributed by atoms with E-state index in [1.807, 2.05) is 13.8 Å². The van der Waals surface area contributed by atoms with E-state index in [4.69, 9.17) is 4.42 Å². The third-order valence-corrected chi connectivity index (χ3v) is 6.22. The molecule has 1 amide bonds. The van der Waals surface area contributed by atoms with Gasteiger partial charge in [0.25, 0.3) is 11.1 Å². The first-order chi connectivity index (χ1) is 13.7. The zero-order chi connectivity index (χ0) is 21.6. The summed E-state index contributed by atoms with van der Waals surface area (Å²) in [6.45, 7) is 7.04. The zero-order valence-corrected chi connectivity index (χ0v) is 18.4. The lowest BCUT2D eigenvalue weighted by atomic mass is 9.95. The number of carboxylic acid groups (broad SMARTS) is 1. The second-order valence-electron chi connectivity index (χ2n) is 8.50. The number of rotatable bonds is 10. The molecule has 1 aliphatic rings. The summed E-state index contributed by atoms with van der Waals surface area (Å²) in [4.78, 5) is 38.1. The smallest absolute Gasteiger partial charge is 0.319 e. The van der Waals surface area contributed by atoms with Crippen LogP contribution in [0.2, 0.25) is 0 Å². The molecule has 0 radical (unpaired) electrons. The van der Waals surface area contributed by atoms with Crippen LogP contribution in [0.15, 0.2) is 9.64 Å². The van der Waals surface area contributed by atoms with Crippen LogP contribution >= 0.6 is 11.8 Å². The van der Waals surface area contributed by atoms with Crippen molar-refractivity contribution in [1.82, 2.24) is 15.1 Å². The Hall–Kier alpha value is -1.90. The van der Waals surface area contributed by atoms with Crippen LogP contribution in [0.5, 0.6) is 0 Å². The van der Waals surface area contributed by atoms with Gasteiger partial charge in [-0.25, -0.2) is 0 Å². The fourth-order valence-electron chi connectivity index (χ4n) is 3.54. The quantitative estimate of drug-likeness (QED) is 0.261. The number of amides is 1. The molecule has 1 heterocycles. The maximum absolute atomic E-state index is 13.2. The molecule has 8 nitrogen and oxygen atoms in total. The molecule has 1 aliphatic carbocycles. The maximum Gasteiger partial charge on any atom is 0.319 e. The van der Waals surface area contributed by atoms with E-state index in [0.717, 1.165) is 56.7 Å². The molecule has 29 heavy (non-hydrogen) atoms. The lowest BCUT2D eigenvalue weighted by Gasteiger charge is -2.34. The Bertz CT molecular complexity index is 711. The van der Waals surface area contributed by atoms with Crippen LogP contribution in [0.1, 0.15) is 83.3 Å². The van der Waals surface area contributed by atoms with Crippen molar-refractivity contribution in [1.29, 1.82) is 0 Å². The van der Waals surface area contributed by atoms with Gasteiger partial charge in [-0.3, -0.25) is 14.4 Å². The topological polar surface area (TPSA) is 114 Å². The Kier molecular flexibility index (Phi) is 8.24. The van der Waals surface area contributed by atoms with Gasteiger partial charge in [0.15, 0.2) is 0 Å². The summed E-state index contributed by atoms with van der Waals surface area (Å²) in [6.07, 6.45) is 7.44. The molecule has 1 saturated carbocycles. The van der Waals surface area contributed by atoms with Crippen molar-refractivity contribution in [3.8, 4) is 0 Å². The third-order valence-electron chi connectivity index (χ3n) is 5.20. The van der Waals surface area contributed by atoms with E-state index in [0.29, 0.717) is 6.42 Å². The molecule has 162 valence electrons. The van der Waals surface area contributed by atoms with E-state index < -0.39 is 16.8 Å². The molecule has 2 rings (SSSR count). The Balaban J connectivity index is 2.24. The summed E-state index contributed by atoms with van der Waals surface area (Å²) in [5.74, 6) is -1.39. The molecule has 0 bridgehead atoms. The van der Waals surface area contributed by atoms with Crippen molar-refractivity contribution >= 4 is 29.9 Å². The molecule has 1 atom stereocenters. The summed E-state index contributed by atoms with van der Waals surface area (Å²) in [7, 11) is 0. The number of Topliss-reactive ketones (excluding diaryl/α,β-unsaturated/α-hetero) is 1. The summed E-state index contributed by atoms with van der Waals surface area (Å²) in [5, 5.41) is 17.0. The molecule has 0 spiro atoms. The Morgan fingerprint density at radius 3 is 2.38 bits per heavy atom. The van der Waals surface area contributed by atoms with Crippen LogP contribution in [0.4, 0.5) is 0 Å². The van der Waals surface area contributed by atoms with Gasteiger partial charge in [0.1, 0.15) is 10.8 Å². The molecule has 0 unspecified atom stereocenters. The van der Waals surface area contributed by atoms with E-state index in [-0.39, 0.29) is 28.9 Å². The van der Waals surface area contributed by atoms with Crippen LogP contribution < -0.4 is 0 Å². The minimum atomic E-state index is -1.17. The van der Waals surface area contributed by atoms with Gasteiger partial charge >= 0.3 is 5.97 Å². The van der Waals surface area contributed by atoms with Crippen molar-refractivity contribution < 1.29 is 23.9 Å². The first-order valence-corrected chi connectivity index (χ1v) is 11.0. The fourth-order valence-corrected chi connectivity index (χ4v) is 4.26. The zero-order valence-electron chi connectivity index (χ0n) is 17.6. The standard InChI is InChI=1S/C20H31N3O5S/c1-13(2)11-15(23(12-24)14-9-7-5-6-8-10-14)16(25)17-21-22-19(28-17)29-20(3,4)18(26)27/h12-15H,5-11H2,1-4H3,(H,26,27)/t15-/m0/s1. The molecule has 0 aromatic carbocycles. The van der Waals surface area contributed by atoms with Crippen LogP contribution in [0.3, 0.4) is 0 Å². The number of nitrogens with zero attached hydrogens (tertiary/aromatic N) is 3. The summed E-state index contributed by atoms with van der Waals surface area (Å²) < 4.78 is 4.32. The third kappa shape index (κ3) is 6.29. The van der Waals surface area contributed by atoms with Gasteiger partial charge in [0.05, 0.1) is 0 Å². The van der Waals surface area contributed by atoms with Gasteiger partial charge in [0.2, 0.25) is 12.2 Å². The molecule has 0 saturated heterocycles. The number of carboxylic acids is 1. The van der Waals surface area contributed by atoms with E-state index >= 15 is 0 Å². The molecule has 0 aliphatic heterocycles. The molecule has 1 fully saturated rings. The Morgan fingerprint density at radius 2 is 1.86 bits per heavy atom. The number of thioether (sulfide) groups is 1. The lowest BCUT2D eigenvalue weighted by molar-refractivity contribution is -0.138. The molecule has 1 N–H and O–H groups in total. The van der Waals surface area contributed by atoms with E-state index in [9.17, 15) is 19.5 Å². The van der Waals surface area contributed by atoms with Crippen LogP contribution in [0, 0.1) is 5.92 Å². The maximum atomic E-state index is 13.2. The van der Waals surface area contributed by atoms with Gasteiger partial charge in [-0.2, -0.15) is 0 Å². The molecular formula is C20H31N3O5S. The minimum Gasteiger partial charge on any atom is -0.480 e. The molecular weight excluding hydrogens is 394 g/mol. The normalized spacial score (nSPS) is 17.0. The van der Waals surface area contributed by atoms with Gasteiger partial charge in [-0.05, 0) is 50.8 Å². The summed E-state index contributed by atoms with van der Waals surface area (Å²) >= 11 is 0.888. The Labute approximate surface area is 175 Å². The van der Waals surface area contributed by atoms with Gasteiger partial charge < -0.3 is 14.4 Å². The van der Waals surface area contributed by atoms with Gasteiger partial charge in [0, 0.05) is 6.04 Å². The first-order valence-electron chi connectivity index (χ1n) is 10.2. The second-order valence-corrected chi connectivity index (χ2v) is 10.1. The van der Waals surface area contributed by atoms with Gasteiger partial charge in [-0.15, -0.1) is 10.2 Å². The van der Waals surface area contributed by atoms with E-state index in [2.05, 4.69) is 10.2 Å². The highest BCUT2D eigenvalue weighted by Crippen LogP contribution is 2.32. The van der Waals surface area contributed by atoms with Crippen LogP contribution in [-0.2, 0) is 9.59 Å². The van der Waals surface area contributed by atoms with Gasteiger partial charge in [-0.1, -0.05) is 39.5 Å². The number of hydrogen-bond acceptors (Lipinski definition) is 7. The largest absolute Gasteiger partial charge is 0.480 e. The summed E-state index contributed by atoms with van der Waals surface area (Å²) in [6, 6.07) is -0.633. The SMILES string of the molecule is CC(C)C[C@@H](C(=O)c1nnc(SC(C)(C)C(=O)O)o1)N(C=O)C1CCCCCC1. The number of aliphatic carboxylic acids is 1. The summed E-state index contributed by atoms with van der Waals surface area (Å²) in [5.41, 5.74) is 0. The van der Waals surface area contributed by atoms with Crippen LogP contribution in [0.25, 0.3) is 0 Å². The Morgan fingerprint density at radius 1 is 1.24 bits per heavy atom. The van der Waals surface area contributed by atoms with Crippen molar-refractivity contribution in [2.45, 2.75) is 94.7 Å². The van der Waals surface area contributed by atoms with Crippen molar-refractivity contribution in [2.24, 2.45) is 5.92 Å². The highest BCUT2D eigenvalue weighted by molar-refractivity contribution is 8.01. The minimum absolute atomic E-state index is 0.0242. The molecule has 1 aromatic heterocycles. The van der Waals surface area contributed by atoms with E-state index in [1.165, 1.54) is 13.8 Å². The number of ketones is 1. The lowest BCUT2D eigenvalue weighted by Crippen LogP contribution is -2.47. The monoisotopic (exact) mass is 425 g/mol. The van der Waals surface area contributed by atoms with Crippen LogP contribution in [-0.4, -0.2) is 55.2 Å². The average molecular weight is 426 g/mol. The average Bonchev–Trinajstić information content (AvgIpc) is 2.93. The predicted octanol–water partition coefficient (Wildman–Crippen LogP) is 3.80. The number of carbonyl (C=O) groups excluding carboxylic acids is 2. The number of aromatic nitrogens is 2. The second kappa shape index (κ2) is 10.2. The highest BCUT2D eigenvalue weighted by atomic mass is 32.2. The predicted molar refractivity (Wildman–Crippen MR) is 109 cm³/mol. The fraction of sp³-hybridized carbons (Fsp3) is 0.750.